The highest BCUT2D eigenvalue weighted by atomic mass is 16.5. The van der Waals surface area contributed by atoms with Crippen LogP contribution in [-0.4, -0.2) is 52.9 Å². The summed E-state index contributed by atoms with van der Waals surface area (Å²) in [5.74, 6) is 2.68. The summed E-state index contributed by atoms with van der Waals surface area (Å²) in [6.45, 7) is 2.43. The van der Waals surface area contributed by atoms with Crippen molar-refractivity contribution >= 4 is 6.03 Å². The van der Waals surface area contributed by atoms with E-state index in [0.717, 1.165) is 17.2 Å². The Morgan fingerprint density at radius 2 is 2.12 bits per heavy atom. The monoisotopic (exact) mass is 355 g/mol. The van der Waals surface area contributed by atoms with Crippen molar-refractivity contribution in [1.82, 2.24) is 25.4 Å². The van der Waals surface area contributed by atoms with Gasteiger partial charge in [-0.1, -0.05) is 30.3 Å². The molecule has 1 aliphatic carbocycles. The van der Waals surface area contributed by atoms with Crippen LogP contribution in [0.4, 0.5) is 4.79 Å². The number of rotatable bonds is 6. The van der Waals surface area contributed by atoms with Crippen LogP contribution in [0, 0.1) is 5.92 Å². The smallest absolute Gasteiger partial charge is 0.317 e. The van der Waals surface area contributed by atoms with Crippen molar-refractivity contribution in [2.45, 2.75) is 31.2 Å². The molecule has 2 N–H and O–H groups in total. The van der Waals surface area contributed by atoms with Crippen LogP contribution in [0.1, 0.15) is 41.9 Å². The van der Waals surface area contributed by atoms with Crippen LogP contribution in [0.5, 0.6) is 0 Å². The van der Waals surface area contributed by atoms with Gasteiger partial charge in [-0.3, -0.25) is 5.10 Å². The number of amides is 2. The molecule has 2 atom stereocenters. The molecule has 26 heavy (non-hydrogen) atoms. The van der Waals surface area contributed by atoms with Crippen molar-refractivity contribution in [1.29, 1.82) is 0 Å². The van der Waals surface area contributed by atoms with Gasteiger partial charge in [-0.15, -0.1) is 0 Å². The van der Waals surface area contributed by atoms with Crippen LogP contribution in [0.3, 0.4) is 0 Å². The fourth-order valence-electron chi connectivity index (χ4n) is 3.59. The van der Waals surface area contributed by atoms with Crippen LogP contribution < -0.4 is 5.32 Å². The maximum Gasteiger partial charge on any atom is 0.317 e. The molecule has 0 unspecified atom stereocenters. The molecule has 1 aromatic carbocycles. The first-order valence-corrected chi connectivity index (χ1v) is 9.22. The molecule has 0 bridgehead atoms. The van der Waals surface area contributed by atoms with Crippen molar-refractivity contribution in [3.8, 4) is 0 Å². The van der Waals surface area contributed by atoms with Gasteiger partial charge in [0.25, 0.3) is 0 Å². The van der Waals surface area contributed by atoms with E-state index in [2.05, 4.69) is 15.5 Å². The number of hydrogen-bond acceptors (Lipinski definition) is 4. The zero-order chi connectivity index (χ0) is 17.9. The maximum absolute atomic E-state index is 12.6. The van der Waals surface area contributed by atoms with Crippen molar-refractivity contribution in [3.63, 3.8) is 0 Å². The Hall–Kier alpha value is -2.41. The quantitative estimate of drug-likeness (QED) is 0.832. The number of urea groups is 1. The summed E-state index contributed by atoms with van der Waals surface area (Å²) in [4.78, 5) is 19.1. The van der Waals surface area contributed by atoms with Gasteiger partial charge < -0.3 is 15.0 Å². The van der Waals surface area contributed by atoms with E-state index in [1.54, 1.807) is 7.11 Å². The summed E-state index contributed by atoms with van der Waals surface area (Å²) in [6.07, 6.45) is 2.36. The molecule has 1 saturated heterocycles. The molecule has 1 saturated carbocycles. The molecule has 7 heteroatoms. The third kappa shape index (κ3) is 3.72. The van der Waals surface area contributed by atoms with Gasteiger partial charge in [0.2, 0.25) is 0 Å². The van der Waals surface area contributed by atoms with Crippen molar-refractivity contribution < 1.29 is 9.53 Å². The Morgan fingerprint density at radius 1 is 1.31 bits per heavy atom. The van der Waals surface area contributed by atoms with E-state index < -0.39 is 0 Å². The van der Waals surface area contributed by atoms with Crippen molar-refractivity contribution in [2.24, 2.45) is 5.92 Å². The molecular weight excluding hydrogens is 330 g/mol. The maximum atomic E-state index is 12.6. The largest absolute Gasteiger partial charge is 0.384 e. The molecule has 2 aromatic rings. The summed E-state index contributed by atoms with van der Waals surface area (Å²) in [5.41, 5.74) is 1.09. The lowest BCUT2D eigenvalue weighted by Crippen LogP contribution is -2.38. The average molecular weight is 355 g/mol. The van der Waals surface area contributed by atoms with E-state index in [-0.39, 0.29) is 17.9 Å². The van der Waals surface area contributed by atoms with E-state index >= 15 is 0 Å². The second-order valence-electron chi connectivity index (χ2n) is 7.22. The molecule has 0 spiro atoms. The van der Waals surface area contributed by atoms with Crippen molar-refractivity contribution in [3.05, 3.63) is 47.5 Å². The van der Waals surface area contributed by atoms with Crippen LogP contribution in [-0.2, 0) is 11.3 Å². The Bertz CT molecular complexity index is 743. The first-order valence-electron chi connectivity index (χ1n) is 9.22. The van der Waals surface area contributed by atoms with E-state index in [1.165, 1.54) is 12.8 Å². The van der Waals surface area contributed by atoms with Gasteiger partial charge in [-0.2, -0.15) is 5.10 Å². The van der Waals surface area contributed by atoms with Gasteiger partial charge in [-0.05, 0) is 18.4 Å². The Labute approximate surface area is 153 Å². The van der Waals surface area contributed by atoms with Crippen LogP contribution in [0.2, 0.25) is 0 Å². The lowest BCUT2D eigenvalue weighted by atomic mass is 9.96. The molecule has 1 aromatic heterocycles. The summed E-state index contributed by atoms with van der Waals surface area (Å²) >= 11 is 0. The molecule has 138 valence electrons. The van der Waals surface area contributed by atoms with E-state index in [1.807, 2.05) is 35.2 Å². The Kier molecular flexibility index (Phi) is 4.88. The number of carbonyl (C=O) groups excluding carboxylic acids is 1. The number of aromatic nitrogens is 3. The van der Waals surface area contributed by atoms with Crippen LogP contribution in [0.25, 0.3) is 0 Å². The Morgan fingerprint density at radius 3 is 2.85 bits per heavy atom. The number of carbonyl (C=O) groups is 1. The van der Waals surface area contributed by atoms with E-state index in [0.29, 0.717) is 32.2 Å². The fourth-order valence-corrected chi connectivity index (χ4v) is 3.59. The number of ether oxygens (including phenoxy) is 1. The number of hydrogen-bond donors (Lipinski definition) is 2. The third-order valence-corrected chi connectivity index (χ3v) is 5.21. The van der Waals surface area contributed by atoms with E-state index in [9.17, 15) is 4.79 Å². The molecular formula is C19H25N5O2. The van der Waals surface area contributed by atoms with Gasteiger partial charge in [-0.25, -0.2) is 9.78 Å². The summed E-state index contributed by atoms with van der Waals surface area (Å²) < 4.78 is 5.38. The number of aromatic amines is 1. The zero-order valence-corrected chi connectivity index (χ0v) is 15.0. The molecule has 2 fully saturated rings. The second kappa shape index (κ2) is 7.45. The highest BCUT2D eigenvalue weighted by molar-refractivity contribution is 5.74. The molecule has 2 aliphatic rings. The Balaban J connectivity index is 1.40. The summed E-state index contributed by atoms with van der Waals surface area (Å²) in [6, 6.07) is 9.90. The fraction of sp³-hybridized carbons (Fsp3) is 0.526. The zero-order valence-electron chi connectivity index (χ0n) is 15.0. The minimum Gasteiger partial charge on any atom is -0.384 e. The topological polar surface area (TPSA) is 83.1 Å². The third-order valence-electron chi connectivity index (χ3n) is 5.21. The van der Waals surface area contributed by atoms with Gasteiger partial charge in [0, 0.05) is 44.5 Å². The number of H-pyrrole nitrogens is 1. The average Bonchev–Trinajstić information content (AvgIpc) is 3.25. The summed E-state index contributed by atoms with van der Waals surface area (Å²) in [7, 11) is 1.70. The van der Waals surface area contributed by atoms with Gasteiger partial charge in [0.1, 0.15) is 5.82 Å². The van der Waals surface area contributed by atoms with Crippen LogP contribution in [0.15, 0.2) is 30.3 Å². The predicted molar refractivity (Wildman–Crippen MR) is 96.7 cm³/mol. The second-order valence-corrected chi connectivity index (χ2v) is 7.22. The highest BCUT2D eigenvalue weighted by Gasteiger charge is 2.39. The SMILES string of the molecule is COC[C@@H]1CN(C(=O)NCc2ccccc2)C[C@H]1c1nc(C2CC2)n[nH]1. The lowest BCUT2D eigenvalue weighted by molar-refractivity contribution is 0.147. The number of methoxy groups -OCH3 is 1. The lowest BCUT2D eigenvalue weighted by Gasteiger charge is -2.17. The predicted octanol–water partition coefficient (Wildman–Crippen LogP) is 2.25. The number of nitrogens with zero attached hydrogens (tertiary/aromatic N) is 3. The van der Waals surface area contributed by atoms with E-state index in [4.69, 9.17) is 9.72 Å². The molecule has 1 aliphatic heterocycles. The first-order chi connectivity index (χ1) is 12.7. The van der Waals surface area contributed by atoms with Gasteiger partial charge in [0.15, 0.2) is 5.82 Å². The molecule has 7 nitrogen and oxygen atoms in total. The standard InChI is InChI=1S/C19H25N5O2/c1-26-12-15-10-24(19(25)20-9-13-5-3-2-4-6-13)11-16(15)18-21-17(22-23-18)14-7-8-14/h2-6,14-16H,7-12H2,1H3,(H,20,25)(H,21,22,23)/t15-,16+/m0/s1. The number of nitrogens with one attached hydrogen (secondary N) is 2. The first kappa shape index (κ1) is 17.0. The number of benzene rings is 1. The molecule has 2 heterocycles. The van der Waals surface area contributed by atoms with Crippen LogP contribution >= 0.6 is 0 Å². The molecule has 0 radical (unpaired) electrons. The minimum atomic E-state index is -0.0422. The summed E-state index contributed by atoms with van der Waals surface area (Å²) in [5, 5.41) is 10.5. The minimum absolute atomic E-state index is 0.0422. The molecule has 4 rings (SSSR count). The number of likely N-dealkylation sites (tertiary alicyclic amines) is 1. The van der Waals surface area contributed by atoms with Gasteiger partial charge in [0.05, 0.1) is 6.61 Å². The van der Waals surface area contributed by atoms with Gasteiger partial charge >= 0.3 is 6.03 Å². The normalized spacial score (nSPS) is 22.6. The van der Waals surface area contributed by atoms with Crippen molar-refractivity contribution in [2.75, 3.05) is 26.8 Å². The molecule has 2 amide bonds. The highest BCUT2D eigenvalue weighted by Crippen LogP contribution is 2.39.